The topological polar surface area (TPSA) is 90.9 Å². The number of hydrogen-bond donors (Lipinski definition) is 3. The molecule has 1 saturated heterocycles. The molecule has 1 heterocycles. The minimum atomic E-state index is -1.63. The van der Waals surface area contributed by atoms with E-state index in [1.807, 2.05) is 20.8 Å². The Morgan fingerprint density at radius 2 is 1.87 bits per heavy atom. The summed E-state index contributed by atoms with van der Waals surface area (Å²) in [4.78, 5) is 13.9. The van der Waals surface area contributed by atoms with Crippen LogP contribution in [0.4, 0.5) is 8.78 Å². The summed E-state index contributed by atoms with van der Waals surface area (Å²) in [6, 6.07) is 9.33. The summed E-state index contributed by atoms with van der Waals surface area (Å²) in [5.41, 5.74) is 4.25. The number of nitrogens with one attached hydrogen (secondary N) is 2. The van der Waals surface area contributed by atoms with Crippen LogP contribution < -0.4 is 16.4 Å². The summed E-state index contributed by atoms with van der Waals surface area (Å²) in [5.74, 6) is -2.84. The fourth-order valence-electron chi connectivity index (χ4n) is 6.11. The Balaban J connectivity index is 1.90. The lowest BCUT2D eigenvalue weighted by atomic mass is 9.62. The van der Waals surface area contributed by atoms with E-state index in [0.717, 1.165) is 31.7 Å². The van der Waals surface area contributed by atoms with Crippen LogP contribution in [0.1, 0.15) is 69.9 Å². The lowest BCUT2D eigenvalue weighted by molar-refractivity contribution is -0.124. The van der Waals surface area contributed by atoms with E-state index < -0.39 is 35.1 Å². The summed E-state index contributed by atoms with van der Waals surface area (Å²) in [6.07, 6.45) is 3.47. The van der Waals surface area contributed by atoms with Gasteiger partial charge >= 0.3 is 0 Å². The van der Waals surface area contributed by atoms with Gasteiger partial charge in [-0.2, -0.15) is 5.26 Å². The van der Waals surface area contributed by atoms with Gasteiger partial charge in [0.15, 0.2) is 0 Å². The lowest BCUT2D eigenvalue weighted by Gasteiger charge is -2.37. The van der Waals surface area contributed by atoms with Gasteiger partial charge in [0.1, 0.15) is 17.0 Å². The number of nitriles is 1. The Labute approximate surface area is 233 Å². The van der Waals surface area contributed by atoms with Crippen LogP contribution in [0.15, 0.2) is 36.4 Å². The van der Waals surface area contributed by atoms with Gasteiger partial charge in [-0.1, -0.05) is 62.2 Å². The highest BCUT2D eigenvalue weighted by atomic mass is 35.5. The van der Waals surface area contributed by atoms with Crippen LogP contribution in [0.2, 0.25) is 10.0 Å². The first kappa shape index (κ1) is 28.8. The van der Waals surface area contributed by atoms with E-state index in [9.17, 15) is 10.1 Å². The molecule has 9 heteroatoms. The van der Waals surface area contributed by atoms with Crippen molar-refractivity contribution < 1.29 is 13.6 Å². The summed E-state index contributed by atoms with van der Waals surface area (Å²) in [7, 11) is 0. The molecule has 2 aromatic rings. The maximum atomic E-state index is 15.7. The molecule has 0 spiro atoms. The average molecular weight is 564 g/mol. The third-order valence-electron chi connectivity index (χ3n) is 7.85. The van der Waals surface area contributed by atoms with Crippen molar-refractivity contribution >= 4 is 29.1 Å². The first-order valence-electron chi connectivity index (χ1n) is 13.0. The Hall–Kier alpha value is -2.24. The molecular formula is C29H34Cl2F2N4O. The van der Waals surface area contributed by atoms with E-state index in [1.54, 1.807) is 6.07 Å². The molecule has 1 aliphatic heterocycles. The second-order valence-corrected chi connectivity index (χ2v) is 12.7. The largest absolute Gasteiger partial charge is 0.352 e. The summed E-state index contributed by atoms with van der Waals surface area (Å²) < 4.78 is 31.3. The quantitative estimate of drug-likeness (QED) is 0.418. The number of carbonyl (C=O) groups is 1. The van der Waals surface area contributed by atoms with Gasteiger partial charge in [0.05, 0.1) is 17.1 Å². The Kier molecular flexibility index (Phi) is 8.40. The number of hydrogen-bond acceptors (Lipinski definition) is 4. The fraction of sp³-hybridized carbons (Fsp3) is 0.517. The van der Waals surface area contributed by atoms with Gasteiger partial charge in [-0.25, -0.2) is 8.78 Å². The predicted octanol–water partition coefficient (Wildman–Crippen LogP) is 5.98. The highest BCUT2D eigenvalue weighted by Gasteiger charge is 2.61. The van der Waals surface area contributed by atoms with Gasteiger partial charge in [-0.05, 0) is 61.3 Å². The van der Waals surface area contributed by atoms with Crippen LogP contribution in [-0.2, 0) is 10.2 Å². The number of benzene rings is 2. The van der Waals surface area contributed by atoms with E-state index in [1.165, 1.54) is 24.3 Å². The molecule has 0 radical (unpaired) electrons. The predicted molar refractivity (Wildman–Crippen MR) is 146 cm³/mol. The van der Waals surface area contributed by atoms with Crippen molar-refractivity contribution in [1.29, 1.82) is 5.26 Å². The molecule has 1 amide bonds. The highest BCUT2D eigenvalue weighted by Crippen LogP contribution is 2.52. The van der Waals surface area contributed by atoms with Crippen LogP contribution in [0.5, 0.6) is 0 Å². The summed E-state index contributed by atoms with van der Waals surface area (Å²) in [6.45, 7) is 6.01. The number of nitrogens with two attached hydrogens (primary N) is 1. The van der Waals surface area contributed by atoms with Gasteiger partial charge < -0.3 is 16.4 Å². The van der Waals surface area contributed by atoms with Gasteiger partial charge in [0.2, 0.25) is 5.91 Å². The van der Waals surface area contributed by atoms with Crippen molar-refractivity contribution in [3.05, 3.63) is 69.2 Å². The lowest BCUT2D eigenvalue weighted by Crippen LogP contribution is -2.50. The van der Waals surface area contributed by atoms with Crippen molar-refractivity contribution in [2.75, 3.05) is 0 Å². The SMILES string of the molecule is CC(C)(C)C[C@@H]1N[C@@H](C(=O)NC2CCC(N)CC2)[C@H](c2cccc(Cl)c2F)[C@@]1(C#N)c1ccc(Cl)cc1F. The molecule has 2 fully saturated rings. The maximum absolute atomic E-state index is 15.7. The monoisotopic (exact) mass is 562 g/mol. The molecule has 2 aliphatic rings. The zero-order valence-corrected chi connectivity index (χ0v) is 23.3. The highest BCUT2D eigenvalue weighted by molar-refractivity contribution is 6.31. The Bertz CT molecular complexity index is 1240. The van der Waals surface area contributed by atoms with E-state index in [4.69, 9.17) is 28.9 Å². The molecule has 204 valence electrons. The molecule has 4 N–H and O–H groups in total. The van der Waals surface area contributed by atoms with E-state index >= 15 is 8.78 Å². The molecule has 2 aromatic carbocycles. The van der Waals surface area contributed by atoms with Gasteiger partial charge in [-0.3, -0.25) is 4.79 Å². The van der Waals surface area contributed by atoms with E-state index in [-0.39, 0.29) is 44.6 Å². The van der Waals surface area contributed by atoms with Crippen molar-refractivity contribution in [2.45, 2.75) is 88.4 Å². The number of nitrogens with zero attached hydrogens (tertiary/aromatic N) is 1. The number of rotatable bonds is 5. The summed E-state index contributed by atoms with van der Waals surface area (Å²) in [5, 5.41) is 17.4. The van der Waals surface area contributed by atoms with Crippen molar-refractivity contribution in [2.24, 2.45) is 11.1 Å². The molecule has 0 bridgehead atoms. The zero-order chi connectivity index (χ0) is 27.8. The normalized spacial score (nSPS) is 29.6. The smallest absolute Gasteiger partial charge is 0.238 e. The van der Waals surface area contributed by atoms with Crippen LogP contribution in [0.3, 0.4) is 0 Å². The van der Waals surface area contributed by atoms with Gasteiger partial charge in [0.25, 0.3) is 0 Å². The van der Waals surface area contributed by atoms with Crippen molar-refractivity contribution in [3.8, 4) is 6.07 Å². The van der Waals surface area contributed by atoms with Crippen LogP contribution >= 0.6 is 23.2 Å². The van der Waals surface area contributed by atoms with Gasteiger partial charge in [0, 0.05) is 34.6 Å². The Morgan fingerprint density at radius 1 is 1.18 bits per heavy atom. The molecule has 1 saturated carbocycles. The van der Waals surface area contributed by atoms with Gasteiger partial charge in [-0.15, -0.1) is 0 Å². The van der Waals surface area contributed by atoms with E-state index in [2.05, 4.69) is 16.7 Å². The third-order valence-corrected chi connectivity index (χ3v) is 8.38. The molecule has 4 rings (SSSR count). The minimum absolute atomic E-state index is 0.0643. The zero-order valence-electron chi connectivity index (χ0n) is 21.8. The van der Waals surface area contributed by atoms with Crippen molar-refractivity contribution in [1.82, 2.24) is 10.6 Å². The number of amides is 1. The number of halogens is 4. The molecule has 5 nitrogen and oxygen atoms in total. The fourth-order valence-corrected chi connectivity index (χ4v) is 6.45. The Morgan fingerprint density at radius 3 is 2.47 bits per heavy atom. The standard InChI is InChI=1S/C29H34Cl2F2N4O/c1-28(2,3)14-23-29(15-34,20-12-7-16(30)13-22(20)32)24(19-5-4-6-21(31)25(19)33)26(37-23)27(38)36-18-10-8-17(35)9-11-18/h4-7,12-13,17-18,23-24,26,37H,8-11,14,35H2,1-3H3,(H,36,38)/t17?,18?,23-,24-,26+,29-/m0/s1. The second-order valence-electron chi connectivity index (χ2n) is 11.8. The second kappa shape index (κ2) is 11.1. The maximum Gasteiger partial charge on any atom is 0.238 e. The molecule has 38 heavy (non-hydrogen) atoms. The van der Waals surface area contributed by atoms with E-state index in [0.29, 0.717) is 6.42 Å². The first-order chi connectivity index (χ1) is 17.9. The summed E-state index contributed by atoms with van der Waals surface area (Å²) >= 11 is 12.2. The van der Waals surface area contributed by atoms with Crippen LogP contribution in [0.25, 0.3) is 0 Å². The molecule has 4 atom stereocenters. The molecule has 1 aliphatic carbocycles. The third kappa shape index (κ3) is 5.56. The number of carbonyl (C=O) groups excluding carboxylic acids is 1. The van der Waals surface area contributed by atoms with Crippen LogP contribution in [-0.4, -0.2) is 30.1 Å². The molecule has 0 unspecified atom stereocenters. The van der Waals surface area contributed by atoms with Crippen LogP contribution in [0, 0.1) is 28.4 Å². The minimum Gasteiger partial charge on any atom is -0.352 e. The molecular weight excluding hydrogens is 529 g/mol. The van der Waals surface area contributed by atoms with Crippen molar-refractivity contribution in [3.63, 3.8) is 0 Å². The molecule has 0 aromatic heterocycles. The average Bonchev–Trinajstić information content (AvgIpc) is 3.15. The first-order valence-corrected chi connectivity index (χ1v) is 13.8.